The van der Waals surface area contributed by atoms with Gasteiger partial charge in [-0.15, -0.1) is 11.3 Å². The molecule has 0 fully saturated rings. The van der Waals surface area contributed by atoms with Gasteiger partial charge >= 0.3 is 0 Å². The van der Waals surface area contributed by atoms with Gasteiger partial charge in [-0.3, -0.25) is 4.79 Å². The predicted molar refractivity (Wildman–Crippen MR) is 75.6 cm³/mol. The molecule has 3 aromatic rings. The lowest BCUT2D eigenvalue weighted by molar-refractivity contribution is 0.0904. The van der Waals surface area contributed by atoms with Gasteiger partial charge in [0.25, 0.3) is 0 Å². The molecule has 0 aliphatic carbocycles. The zero-order valence-corrected chi connectivity index (χ0v) is 11.1. The number of nitrogens with one attached hydrogen (secondary N) is 1. The lowest BCUT2D eigenvalue weighted by Gasteiger charge is -1.96. The Morgan fingerprint density at radius 3 is 2.95 bits per heavy atom. The smallest absolute Gasteiger partial charge is 0.188 e. The Morgan fingerprint density at radius 1 is 1.42 bits per heavy atom. The number of aromatic nitrogens is 2. The minimum atomic E-state index is -0.476. The van der Waals surface area contributed by atoms with E-state index in [1.54, 1.807) is 29.5 Å². The Morgan fingerprint density at radius 2 is 2.26 bits per heavy atom. The van der Waals surface area contributed by atoms with Gasteiger partial charge in [0.2, 0.25) is 0 Å². The fraction of sp³-hybridized carbons (Fsp3) is 0.143. The van der Waals surface area contributed by atoms with E-state index in [2.05, 4.69) is 9.97 Å². The van der Waals surface area contributed by atoms with Crippen LogP contribution in [0.2, 0.25) is 0 Å². The summed E-state index contributed by atoms with van der Waals surface area (Å²) in [6.07, 6.45) is 0. The molecule has 1 aromatic carbocycles. The number of benzene rings is 1. The molecule has 2 N–H and O–H groups in total. The summed E-state index contributed by atoms with van der Waals surface area (Å²) >= 11 is 1.63. The van der Waals surface area contributed by atoms with Crippen molar-refractivity contribution in [1.29, 1.82) is 0 Å². The van der Waals surface area contributed by atoms with E-state index >= 15 is 0 Å². The van der Waals surface area contributed by atoms with Crippen molar-refractivity contribution in [3.8, 4) is 10.7 Å². The third-order valence-electron chi connectivity index (χ3n) is 3.02. The minimum absolute atomic E-state index is 0.287. The monoisotopic (exact) mass is 272 g/mol. The summed E-state index contributed by atoms with van der Waals surface area (Å²) in [5.74, 6) is 0.529. The summed E-state index contributed by atoms with van der Waals surface area (Å²) in [7, 11) is 0. The van der Waals surface area contributed by atoms with Gasteiger partial charge in [-0.1, -0.05) is 0 Å². The van der Waals surface area contributed by atoms with Crippen LogP contribution >= 0.6 is 11.3 Å². The molecule has 5 heteroatoms. The van der Waals surface area contributed by atoms with Crippen molar-refractivity contribution in [2.24, 2.45) is 0 Å². The van der Waals surface area contributed by atoms with Crippen LogP contribution in [0.15, 0.2) is 29.6 Å². The summed E-state index contributed by atoms with van der Waals surface area (Å²) in [5.41, 5.74) is 3.29. The number of aromatic amines is 1. The van der Waals surface area contributed by atoms with Crippen LogP contribution in [0.5, 0.6) is 0 Å². The number of Topliss-reactive ketones (excluding diaryl/α,β-unsaturated/α-hetero) is 1. The first-order valence-corrected chi connectivity index (χ1v) is 6.75. The zero-order valence-electron chi connectivity index (χ0n) is 10.3. The number of carbonyl (C=O) groups is 1. The lowest BCUT2D eigenvalue weighted by Crippen LogP contribution is -2.03. The van der Waals surface area contributed by atoms with Crippen LogP contribution in [0, 0.1) is 6.92 Å². The van der Waals surface area contributed by atoms with Gasteiger partial charge in [0.1, 0.15) is 12.4 Å². The molecule has 0 unspecified atom stereocenters. The van der Waals surface area contributed by atoms with Crippen LogP contribution in [0.3, 0.4) is 0 Å². The molecule has 0 saturated carbocycles. The topological polar surface area (TPSA) is 66.0 Å². The van der Waals surface area contributed by atoms with Crippen LogP contribution < -0.4 is 0 Å². The van der Waals surface area contributed by atoms with Crippen molar-refractivity contribution < 1.29 is 9.90 Å². The lowest BCUT2D eigenvalue weighted by atomic mass is 10.1. The number of aliphatic hydroxyl groups excluding tert-OH is 1. The standard InChI is InChI=1S/C14H12N2O2S/c1-8-4-5-19-13(8)14-15-10-3-2-9(12(18)7-17)6-11(10)16-14/h2-6,17H,7H2,1H3,(H,15,16). The first-order chi connectivity index (χ1) is 9.19. The second-order valence-corrected chi connectivity index (χ2v) is 5.25. The average Bonchev–Trinajstić information content (AvgIpc) is 3.02. The van der Waals surface area contributed by atoms with Gasteiger partial charge < -0.3 is 10.1 Å². The highest BCUT2D eigenvalue weighted by Gasteiger charge is 2.11. The third kappa shape index (κ3) is 2.07. The van der Waals surface area contributed by atoms with E-state index in [9.17, 15) is 4.79 Å². The second kappa shape index (κ2) is 4.60. The average molecular weight is 272 g/mol. The number of fused-ring (bicyclic) bond motifs is 1. The largest absolute Gasteiger partial charge is 0.388 e. The molecule has 0 aliphatic heterocycles. The van der Waals surface area contributed by atoms with Gasteiger partial charge in [-0.2, -0.15) is 0 Å². The Labute approximate surface area is 113 Å². The predicted octanol–water partition coefficient (Wildman–Crippen LogP) is 2.77. The van der Waals surface area contributed by atoms with Crippen molar-refractivity contribution in [3.63, 3.8) is 0 Å². The number of H-pyrrole nitrogens is 1. The number of rotatable bonds is 3. The molecule has 0 atom stereocenters. The van der Waals surface area contributed by atoms with Gasteiger partial charge in [0.05, 0.1) is 15.9 Å². The van der Waals surface area contributed by atoms with Crippen molar-refractivity contribution in [2.45, 2.75) is 6.92 Å². The maximum absolute atomic E-state index is 11.5. The molecular weight excluding hydrogens is 260 g/mol. The van der Waals surface area contributed by atoms with Crippen molar-refractivity contribution in [3.05, 3.63) is 40.8 Å². The molecule has 0 amide bonds. The highest BCUT2D eigenvalue weighted by molar-refractivity contribution is 7.13. The van der Waals surface area contributed by atoms with E-state index in [0.29, 0.717) is 5.56 Å². The number of nitrogens with zero attached hydrogens (tertiary/aromatic N) is 1. The fourth-order valence-corrected chi connectivity index (χ4v) is 2.87. The Hall–Kier alpha value is -1.98. The van der Waals surface area contributed by atoms with Gasteiger partial charge in [-0.05, 0) is 42.1 Å². The van der Waals surface area contributed by atoms with Gasteiger partial charge in [-0.25, -0.2) is 4.98 Å². The number of hydrogen-bond acceptors (Lipinski definition) is 4. The SMILES string of the molecule is Cc1ccsc1-c1nc2ccc(C(=O)CO)cc2[nH]1. The molecule has 3 rings (SSSR count). The van der Waals surface area contributed by atoms with Crippen LogP contribution in [-0.4, -0.2) is 27.5 Å². The number of ketones is 1. The number of aliphatic hydroxyl groups is 1. The highest BCUT2D eigenvalue weighted by Crippen LogP contribution is 2.28. The molecule has 96 valence electrons. The maximum atomic E-state index is 11.5. The summed E-state index contributed by atoms with van der Waals surface area (Å²) in [6, 6.07) is 7.26. The van der Waals surface area contributed by atoms with E-state index in [4.69, 9.17) is 5.11 Å². The third-order valence-corrected chi connectivity index (χ3v) is 4.05. The maximum Gasteiger partial charge on any atom is 0.188 e. The van der Waals surface area contributed by atoms with E-state index < -0.39 is 6.61 Å². The first-order valence-electron chi connectivity index (χ1n) is 5.87. The number of hydrogen-bond donors (Lipinski definition) is 2. The molecule has 0 spiro atoms. The summed E-state index contributed by atoms with van der Waals surface area (Å²) in [6.45, 7) is 1.57. The molecule has 0 bridgehead atoms. The summed E-state index contributed by atoms with van der Waals surface area (Å²) in [5, 5.41) is 10.9. The molecule has 0 radical (unpaired) electrons. The van der Waals surface area contributed by atoms with Crippen LogP contribution in [0.1, 0.15) is 15.9 Å². The van der Waals surface area contributed by atoms with Gasteiger partial charge in [0.15, 0.2) is 5.78 Å². The van der Waals surface area contributed by atoms with E-state index in [-0.39, 0.29) is 5.78 Å². The minimum Gasteiger partial charge on any atom is -0.388 e. The Balaban J connectivity index is 2.11. The molecule has 2 aromatic heterocycles. The van der Waals surface area contributed by atoms with Crippen molar-refractivity contribution in [1.82, 2.24) is 9.97 Å². The number of carbonyl (C=O) groups excluding carboxylic acids is 1. The number of thiophene rings is 1. The second-order valence-electron chi connectivity index (χ2n) is 4.33. The molecule has 19 heavy (non-hydrogen) atoms. The Bertz CT molecular complexity index is 758. The molecule has 0 aliphatic rings. The number of imidazole rings is 1. The molecule has 4 nitrogen and oxygen atoms in total. The highest BCUT2D eigenvalue weighted by atomic mass is 32.1. The van der Waals surface area contributed by atoms with Crippen LogP contribution in [0.4, 0.5) is 0 Å². The van der Waals surface area contributed by atoms with Crippen molar-refractivity contribution in [2.75, 3.05) is 6.61 Å². The van der Waals surface area contributed by atoms with E-state index in [0.717, 1.165) is 21.7 Å². The molecule has 2 heterocycles. The summed E-state index contributed by atoms with van der Waals surface area (Å²) in [4.78, 5) is 20.3. The normalized spacial score (nSPS) is 11.1. The fourth-order valence-electron chi connectivity index (χ4n) is 2.00. The van der Waals surface area contributed by atoms with Crippen LogP contribution in [0.25, 0.3) is 21.7 Å². The van der Waals surface area contributed by atoms with E-state index in [1.807, 2.05) is 18.4 Å². The molecule has 0 saturated heterocycles. The van der Waals surface area contributed by atoms with Crippen molar-refractivity contribution >= 4 is 28.2 Å². The summed E-state index contributed by atoms with van der Waals surface area (Å²) < 4.78 is 0. The zero-order chi connectivity index (χ0) is 13.4. The van der Waals surface area contributed by atoms with Gasteiger partial charge in [0, 0.05) is 5.56 Å². The number of aryl methyl sites for hydroxylation is 1. The quantitative estimate of drug-likeness (QED) is 0.720. The Kier molecular flexibility index (Phi) is 2.93. The van der Waals surface area contributed by atoms with Crippen LogP contribution in [-0.2, 0) is 0 Å². The first kappa shape index (κ1) is 12.1. The van der Waals surface area contributed by atoms with E-state index in [1.165, 1.54) is 5.56 Å². The molecular formula is C14H12N2O2S.